The molecule has 8 nitrogen and oxygen atoms in total. The zero-order valence-corrected chi connectivity index (χ0v) is 17.5. The fraction of sp³-hybridized carbons (Fsp3) is 0.391. The predicted octanol–water partition coefficient (Wildman–Crippen LogP) is 1.97. The molecule has 2 N–H and O–H groups in total. The molecular formula is C23H26N4O4. The number of piperidine rings is 1. The summed E-state index contributed by atoms with van der Waals surface area (Å²) in [7, 11) is 0. The third kappa shape index (κ3) is 4.52. The van der Waals surface area contributed by atoms with Crippen LogP contribution in [0.1, 0.15) is 30.7 Å². The zero-order valence-electron chi connectivity index (χ0n) is 17.5. The lowest BCUT2D eigenvalue weighted by molar-refractivity contribution is -0.132. The Morgan fingerprint density at radius 2 is 1.97 bits per heavy atom. The monoisotopic (exact) mass is 422 g/mol. The molecule has 1 aliphatic rings. The molecule has 162 valence electrons. The SMILES string of the molecule is Cc1cccn(CC2CCN(C(=O)CCc3nc4c(O)cccc4c(=O)[nH]3)CC2)c1=O. The number of carbonyl (C=O) groups excluding carboxylic acids is 1. The van der Waals surface area contributed by atoms with Crippen LogP contribution >= 0.6 is 0 Å². The number of phenols is 1. The van der Waals surface area contributed by atoms with E-state index in [1.165, 1.54) is 6.07 Å². The van der Waals surface area contributed by atoms with Crippen LogP contribution in [0.25, 0.3) is 10.9 Å². The number of hydrogen-bond acceptors (Lipinski definition) is 5. The highest BCUT2D eigenvalue weighted by Crippen LogP contribution is 2.21. The maximum absolute atomic E-state index is 12.7. The third-order valence-corrected chi connectivity index (χ3v) is 5.97. The molecule has 0 radical (unpaired) electrons. The summed E-state index contributed by atoms with van der Waals surface area (Å²) in [6.45, 7) is 3.81. The maximum atomic E-state index is 12.7. The van der Waals surface area contributed by atoms with Crippen molar-refractivity contribution in [3.63, 3.8) is 0 Å². The lowest BCUT2D eigenvalue weighted by Gasteiger charge is -2.32. The number of benzene rings is 1. The average Bonchev–Trinajstić information content (AvgIpc) is 2.76. The lowest BCUT2D eigenvalue weighted by Crippen LogP contribution is -2.40. The molecule has 1 aromatic carbocycles. The topological polar surface area (TPSA) is 108 Å². The first-order valence-electron chi connectivity index (χ1n) is 10.6. The van der Waals surface area contributed by atoms with Crippen LogP contribution in [-0.2, 0) is 17.8 Å². The van der Waals surface area contributed by atoms with Gasteiger partial charge in [-0.3, -0.25) is 14.4 Å². The molecular weight excluding hydrogens is 396 g/mol. The minimum absolute atomic E-state index is 0.0196. The van der Waals surface area contributed by atoms with Crippen molar-refractivity contribution >= 4 is 16.8 Å². The Morgan fingerprint density at radius 1 is 1.19 bits per heavy atom. The molecule has 4 rings (SSSR count). The summed E-state index contributed by atoms with van der Waals surface area (Å²) in [4.78, 5) is 45.9. The number of H-pyrrole nitrogens is 1. The van der Waals surface area contributed by atoms with Crippen molar-refractivity contribution in [1.82, 2.24) is 19.4 Å². The van der Waals surface area contributed by atoms with Crippen molar-refractivity contribution < 1.29 is 9.90 Å². The smallest absolute Gasteiger partial charge is 0.258 e. The molecule has 0 saturated carbocycles. The summed E-state index contributed by atoms with van der Waals surface area (Å²) < 4.78 is 1.76. The van der Waals surface area contributed by atoms with Crippen LogP contribution in [0.15, 0.2) is 46.1 Å². The number of likely N-dealkylation sites (tertiary alicyclic amines) is 1. The Bertz CT molecular complexity index is 1220. The van der Waals surface area contributed by atoms with Crippen LogP contribution in [0.4, 0.5) is 0 Å². The average molecular weight is 422 g/mol. The van der Waals surface area contributed by atoms with E-state index in [4.69, 9.17) is 0 Å². The number of nitrogens with zero attached hydrogens (tertiary/aromatic N) is 3. The molecule has 0 bridgehead atoms. The van der Waals surface area contributed by atoms with Gasteiger partial charge in [-0.25, -0.2) is 4.98 Å². The van der Waals surface area contributed by atoms with Crippen molar-refractivity contribution in [2.75, 3.05) is 13.1 Å². The Morgan fingerprint density at radius 3 is 2.74 bits per heavy atom. The van der Waals surface area contributed by atoms with Crippen molar-refractivity contribution in [2.45, 2.75) is 39.2 Å². The molecule has 31 heavy (non-hydrogen) atoms. The second-order valence-electron chi connectivity index (χ2n) is 8.16. The molecule has 8 heteroatoms. The molecule has 0 aliphatic carbocycles. The van der Waals surface area contributed by atoms with Gasteiger partial charge < -0.3 is 19.6 Å². The lowest BCUT2D eigenvalue weighted by atomic mass is 9.96. The highest BCUT2D eigenvalue weighted by molar-refractivity contribution is 5.83. The number of amides is 1. The van der Waals surface area contributed by atoms with Gasteiger partial charge in [0.15, 0.2) is 0 Å². The summed E-state index contributed by atoms with van der Waals surface area (Å²) in [5.41, 5.74) is 0.712. The molecule has 1 amide bonds. The van der Waals surface area contributed by atoms with E-state index >= 15 is 0 Å². The number of para-hydroxylation sites is 1. The number of aromatic nitrogens is 3. The van der Waals surface area contributed by atoms with Gasteiger partial charge in [0.1, 0.15) is 17.1 Å². The standard InChI is InChI=1S/C23H26N4O4/c1-15-4-3-11-27(23(15)31)14-16-9-12-26(13-10-16)20(29)8-7-19-24-21-17(22(30)25-19)5-2-6-18(21)28/h2-6,11,16,28H,7-10,12-14H2,1H3,(H,24,25,30). The Hall–Kier alpha value is -3.42. The van der Waals surface area contributed by atoms with Gasteiger partial charge >= 0.3 is 0 Å². The number of phenolic OH excluding ortho intramolecular Hbond substituents is 1. The highest BCUT2D eigenvalue weighted by Gasteiger charge is 2.23. The van der Waals surface area contributed by atoms with E-state index in [0.29, 0.717) is 43.2 Å². The Labute approximate surface area is 179 Å². The quantitative estimate of drug-likeness (QED) is 0.654. The summed E-state index contributed by atoms with van der Waals surface area (Å²) in [6.07, 6.45) is 4.07. The van der Waals surface area contributed by atoms with E-state index < -0.39 is 0 Å². The second-order valence-corrected chi connectivity index (χ2v) is 8.16. The Balaban J connectivity index is 1.33. The number of nitrogens with one attached hydrogen (secondary N) is 1. The van der Waals surface area contributed by atoms with Crippen molar-refractivity contribution in [3.8, 4) is 5.75 Å². The normalized spacial score (nSPS) is 14.8. The number of aromatic amines is 1. The predicted molar refractivity (Wildman–Crippen MR) is 117 cm³/mol. The number of fused-ring (bicyclic) bond motifs is 1. The van der Waals surface area contributed by atoms with Crippen molar-refractivity contribution in [1.29, 1.82) is 0 Å². The zero-order chi connectivity index (χ0) is 22.0. The van der Waals surface area contributed by atoms with Crippen molar-refractivity contribution in [2.24, 2.45) is 5.92 Å². The van der Waals surface area contributed by atoms with Crippen LogP contribution in [0, 0.1) is 12.8 Å². The third-order valence-electron chi connectivity index (χ3n) is 5.97. The van der Waals surface area contributed by atoms with E-state index in [9.17, 15) is 19.5 Å². The van der Waals surface area contributed by atoms with Gasteiger partial charge in [0.05, 0.1) is 5.39 Å². The van der Waals surface area contributed by atoms with Gasteiger partial charge in [-0.05, 0) is 43.9 Å². The van der Waals surface area contributed by atoms with Gasteiger partial charge in [0.25, 0.3) is 11.1 Å². The van der Waals surface area contributed by atoms with E-state index in [-0.39, 0.29) is 34.7 Å². The van der Waals surface area contributed by atoms with Crippen LogP contribution in [0.5, 0.6) is 5.75 Å². The summed E-state index contributed by atoms with van der Waals surface area (Å²) >= 11 is 0. The van der Waals surface area contributed by atoms with Gasteiger partial charge in [0, 0.05) is 44.2 Å². The number of aryl methyl sites for hydroxylation is 2. The van der Waals surface area contributed by atoms with E-state index in [1.54, 1.807) is 16.7 Å². The van der Waals surface area contributed by atoms with Gasteiger partial charge in [-0.2, -0.15) is 0 Å². The second kappa shape index (κ2) is 8.75. The molecule has 3 heterocycles. The molecule has 2 aromatic heterocycles. The number of aromatic hydroxyl groups is 1. The van der Waals surface area contributed by atoms with Gasteiger partial charge in [-0.15, -0.1) is 0 Å². The molecule has 0 unspecified atom stereocenters. The number of rotatable bonds is 5. The van der Waals surface area contributed by atoms with Crippen molar-refractivity contribution in [3.05, 3.63) is 68.6 Å². The van der Waals surface area contributed by atoms with Crippen LogP contribution in [0.3, 0.4) is 0 Å². The summed E-state index contributed by atoms with van der Waals surface area (Å²) in [5, 5.41) is 10.3. The summed E-state index contributed by atoms with van der Waals surface area (Å²) in [5.74, 6) is 0.725. The van der Waals surface area contributed by atoms with Crippen LogP contribution in [-0.4, -0.2) is 43.5 Å². The molecule has 0 atom stereocenters. The van der Waals surface area contributed by atoms with E-state index in [2.05, 4.69) is 9.97 Å². The number of carbonyl (C=O) groups is 1. The van der Waals surface area contributed by atoms with Crippen LogP contribution in [0.2, 0.25) is 0 Å². The molecule has 1 aliphatic heterocycles. The van der Waals surface area contributed by atoms with E-state index in [1.807, 2.05) is 30.2 Å². The molecule has 1 fully saturated rings. The van der Waals surface area contributed by atoms with E-state index in [0.717, 1.165) is 18.4 Å². The van der Waals surface area contributed by atoms with Crippen LogP contribution < -0.4 is 11.1 Å². The number of pyridine rings is 1. The Kier molecular flexibility index (Phi) is 5.88. The largest absolute Gasteiger partial charge is 0.506 e. The molecule has 3 aromatic rings. The molecule has 0 spiro atoms. The first-order valence-corrected chi connectivity index (χ1v) is 10.6. The minimum Gasteiger partial charge on any atom is -0.506 e. The fourth-order valence-electron chi connectivity index (χ4n) is 4.14. The van der Waals surface area contributed by atoms with Gasteiger partial charge in [0.2, 0.25) is 5.91 Å². The molecule has 1 saturated heterocycles. The number of hydrogen-bond donors (Lipinski definition) is 2. The highest BCUT2D eigenvalue weighted by atomic mass is 16.3. The fourth-order valence-corrected chi connectivity index (χ4v) is 4.14. The summed E-state index contributed by atoms with van der Waals surface area (Å²) in [6, 6.07) is 8.39. The minimum atomic E-state index is -0.324. The first-order chi connectivity index (χ1) is 14.9. The van der Waals surface area contributed by atoms with Gasteiger partial charge in [-0.1, -0.05) is 12.1 Å². The first kappa shape index (κ1) is 20.8. The maximum Gasteiger partial charge on any atom is 0.258 e.